The van der Waals surface area contributed by atoms with Gasteiger partial charge in [-0.3, -0.25) is 0 Å². The van der Waals surface area contributed by atoms with Gasteiger partial charge in [-0.15, -0.1) is 0 Å². The Hall–Kier alpha value is -0.770. The molecule has 0 radical (unpaired) electrons. The maximum absolute atomic E-state index is 12.7. The van der Waals surface area contributed by atoms with E-state index in [1.165, 1.54) is 44.9 Å². The van der Waals surface area contributed by atoms with Crippen LogP contribution in [0.15, 0.2) is 0 Å². The van der Waals surface area contributed by atoms with Gasteiger partial charge in [0.15, 0.2) is 0 Å². The van der Waals surface area contributed by atoms with Crippen molar-refractivity contribution in [3.63, 3.8) is 0 Å². The molecule has 2 aliphatic carbocycles. The molecule has 4 aliphatic rings. The van der Waals surface area contributed by atoms with Crippen LogP contribution in [-0.4, -0.2) is 42.3 Å². The Morgan fingerprint density at radius 1 is 1.22 bits per heavy atom. The smallest absolute Gasteiger partial charge is 0.317 e. The molecule has 6 atom stereocenters. The molecule has 4 fully saturated rings. The fraction of sp³-hybridized carbons (Fsp3) is 0.947. The van der Waals surface area contributed by atoms with Crippen molar-refractivity contribution in [3.05, 3.63) is 0 Å². The summed E-state index contributed by atoms with van der Waals surface area (Å²) in [5.41, 5.74) is 0. The summed E-state index contributed by atoms with van der Waals surface area (Å²) in [4.78, 5) is 14.9. The van der Waals surface area contributed by atoms with Crippen LogP contribution in [0.3, 0.4) is 0 Å². The lowest BCUT2D eigenvalue weighted by Crippen LogP contribution is -2.49. The molecule has 4 nitrogen and oxygen atoms in total. The fourth-order valence-corrected chi connectivity index (χ4v) is 5.73. The topological polar surface area (TPSA) is 41.6 Å². The van der Waals surface area contributed by atoms with Gasteiger partial charge in [-0.05, 0) is 76.0 Å². The quantitative estimate of drug-likeness (QED) is 0.860. The summed E-state index contributed by atoms with van der Waals surface area (Å²) < 4.78 is 5.71. The normalized spacial score (nSPS) is 40.7. The zero-order valence-electron chi connectivity index (χ0n) is 14.5. The summed E-state index contributed by atoms with van der Waals surface area (Å²) in [5.74, 6) is 2.87. The number of nitrogens with zero attached hydrogens (tertiary/aromatic N) is 1. The van der Waals surface area contributed by atoms with E-state index in [0.29, 0.717) is 6.04 Å². The SMILES string of the molecule is C[C@H](NC(=O)N1CCC[C@@H]1C[C@@H]1C[C@H]2CC[C@H]1C2)[C@H]1CCCO1. The van der Waals surface area contributed by atoms with Crippen molar-refractivity contribution in [1.82, 2.24) is 10.2 Å². The highest BCUT2D eigenvalue weighted by atomic mass is 16.5. The van der Waals surface area contributed by atoms with Gasteiger partial charge in [0.05, 0.1) is 12.1 Å². The highest BCUT2D eigenvalue weighted by Gasteiger charge is 2.42. The number of carbonyl (C=O) groups is 1. The van der Waals surface area contributed by atoms with E-state index in [0.717, 1.165) is 43.7 Å². The second-order valence-corrected chi connectivity index (χ2v) is 8.45. The molecule has 2 saturated carbocycles. The minimum Gasteiger partial charge on any atom is -0.376 e. The first-order valence-electron chi connectivity index (χ1n) is 9.89. The Balaban J connectivity index is 1.31. The van der Waals surface area contributed by atoms with Crippen LogP contribution in [0.4, 0.5) is 4.79 Å². The van der Waals surface area contributed by atoms with Crippen LogP contribution in [0.5, 0.6) is 0 Å². The second kappa shape index (κ2) is 6.62. The van der Waals surface area contributed by atoms with Crippen LogP contribution in [0.25, 0.3) is 0 Å². The van der Waals surface area contributed by atoms with Gasteiger partial charge < -0.3 is 15.0 Å². The molecular weight excluding hydrogens is 288 g/mol. The molecule has 2 saturated heterocycles. The summed E-state index contributed by atoms with van der Waals surface area (Å²) >= 11 is 0. The van der Waals surface area contributed by atoms with E-state index < -0.39 is 0 Å². The Labute approximate surface area is 140 Å². The lowest BCUT2D eigenvalue weighted by atomic mass is 9.84. The number of rotatable bonds is 4. The van der Waals surface area contributed by atoms with Crippen molar-refractivity contribution in [3.8, 4) is 0 Å². The van der Waals surface area contributed by atoms with Gasteiger partial charge in [-0.2, -0.15) is 0 Å². The van der Waals surface area contributed by atoms with Gasteiger partial charge >= 0.3 is 6.03 Å². The van der Waals surface area contributed by atoms with Crippen LogP contribution < -0.4 is 5.32 Å². The van der Waals surface area contributed by atoms with Crippen molar-refractivity contribution in [1.29, 1.82) is 0 Å². The molecule has 0 aromatic heterocycles. The van der Waals surface area contributed by atoms with Crippen molar-refractivity contribution >= 4 is 6.03 Å². The Morgan fingerprint density at radius 2 is 2.13 bits per heavy atom. The standard InChI is InChI=1S/C19H32N2O2/c1-13(18-5-3-9-23-18)20-19(22)21-8-2-4-17(21)12-16-11-14-6-7-15(16)10-14/h13-18H,2-12H2,1H3,(H,20,22)/t13-,14-,15-,16-,17+,18+/m0/s1. The molecule has 0 spiro atoms. The van der Waals surface area contributed by atoms with Crippen molar-refractivity contribution in [2.45, 2.75) is 82.9 Å². The van der Waals surface area contributed by atoms with E-state index in [-0.39, 0.29) is 18.2 Å². The van der Waals surface area contributed by atoms with Crippen LogP contribution in [0.2, 0.25) is 0 Å². The third-order valence-electron chi connectivity index (χ3n) is 6.97. The number of amides is 2. The lowest BCUT2D eigenvalue weighted by molar-refractivity contribution is 0.0823. The Morgan fingerprint density at radius 3 is 2.83 bits per heavy atom. The maximum atomic E-state index is 12.7. The first-order valence-corrected chi connectivity index (χ1v) is 9.89. The van der Waals surface area contributed by atoms with Crippen LogP contribution in [0.1, 0.15) is 64.7 Å². The van der Waals surface area contributed by atoms with Gasteiger partial charge in [0.1, 0.15) is 0 Å². The molecule has 2 aliphatic heterocycles. The average Bonchev–Trinajstić information content (AvgIpc) is 3.32. The number of hydrogen-bond acceptors (Lipinski definition) is 2. The zero-order valence-corrected chi connectivity index (χ0v) is 14.5. The number of urea groups is 1. The highest BCUT2D eigenvalue weighted by molar-refractivity contribution is 5.75. The van der Waals surface area contributed by atoms with E-state index >= 15 is 0 Å². The molecule has 4 heteroatoms. The van der Waals surface area contributed by atoms with Gasteiger partial charge in [-0.1, -0.05) is 6.42 Å². The van der Waals surface area contributed by atoms with Gasteiger partial charge in [0.25, 0.3) is 0 Å². The molecule has 2 heterocycles. The number of likely N-dealkylation sites (tertiary alicyclic amines) is 1. The highest BCUT2D eigenvalue weighted by Crippen LogP contribution is 2.50. The van der Waals surface area contributed by atoms with E-state index in [1.54, 1.807) is 0 Å². The molecule has 0 unspecified atom stereocenters. The van der Waals surface area contributed by atoms with Gasteiger partial charge in [-0.25, -0.2) is 4.79 Å². The minimum atomic E-state index is 0.133. The summed E-state index contributed by atoms with van der Waals surface area (Å²) in [7, 11) is 0. The number of carbonyl (C=O) groups excluding carboxylic acids is 1. The molecule has 2 amide bonds. The number of hydrogen-bond donors (Lipinski definition) is 1. The molecule has 0 aromatic carbocycles. The van der Waals surface area contributed by atoms with E-state index in [4.69, 9.17) is 4.74 Å². The van der Waals surface area contributed by atoms with Crippen molar-refractivity contribution in [2.24, 2.45) is 17.8 Å². The van der Waals surface area contributed by atoms with Crippen molar-refractivity contribution in [2.75, 3.05) is 13.2 Å². The van der Waals surface area contributed by atoms with Gasteiger partial charge in [0.2, 0.25) is 0 Å². The van der Waals surface area contributed by atoms with E-state index in [9.17, 15) is 4.79 Å². The predicted octanol–water partition coefficient (Wildman–Crippen LogP) is 3.55. The largest absolute Gasteiger partial charge is 0.376 e. The average molecular weight is 320 g/mol. The molecule has 130 valence electrons. The van der Waals surface area contributed by atoms with E-state index in [1.807, 2.05) is 0 Å². The Bertz CT molecular complexity index is 435. The lowest BCUT2D eigenvalue weighted by Gasteiger charge is -2.32. The molecule has 1 N–H and O–H groups in total. The number of nitrogens with one attached hydrogen (secondary N) is 1. The minimum absolute atomic E-state index is 0.133. The first-order chi connectivity index (χ1) is 11.2. The van der Waals surface area contributed by atoms with E-state index in [2.05, 4.69) is 17.1 Å². The monoisotopic (exact) mass is 320 g/mol. The summed E-state index contributed by atoms with van der Waals surface area (Å²) in [6.45, 7) is 3.88. The van der Waals surface area contributed by atoms with Gasteiger partial charge in [0, 0.05) is 19.2 Å². The number of ether oxygens (including phenoxy) is 1. The summed E-state index contributed by atoms with van der Waals surface area (Å²) in [6.07, 6.45) is 11.9. The zero-order chi connectivity index (χ0) is 15.8. The molecule has 4 rings (SSSR count). The molecular formula is C19H32N2O2. The molecule has 0 aromatic rings. The number of fused-ring (bicyclic) bond motifs is 2. The first kappa shape index (κ1) is 15.7. The van der Waals surface area contributed by atoms with Crippen LogP contribution in [0, 0.1) is 17.8 Å². The third-order valence-corrected chi connectivity index (χ3v) is 6.97. The second-order valence-electron chi connectivity index (χ2n) is 8.45. The molecule has 2 bridgehead atoms. The Kier molecular flexibility index (Phi) is 4.53. The van der Waals surface area contributed by atoms with Crippen LogP contribution in [-0.2, 0) is 4.74 Å². The maximum Gasteiger partial charge on any atom is 0.317 e. The summed E-state index contributed by atoms with van der Waals surface area (Å²) in [5, 5.41) is 3.21. The fourth-order valence-electron chi connectivity index (χ4n) is 5.73. The summed E-state index contributed by atoms with van der Waals surface area (Å²) in [6, 6.07) is 0.767. The predicted molar refractivity (Wildman–Crippen MR) is 90.3 cm³/mol. The van der Waals surface area contributed by atoms with Crippen molar-refractivity contribution < 1.29 is 9.53 Å². The third kappa shape index (κ3) is 3.24. The van der Waals surface area contributed by atoms with Crippen LogP contribution >= 0.6 is 0 Å². The molecule has 23 heavy (non-hydrogen) atoms.